The highest BCUT2D eigenvalue weighted by Gasteiger charge is 2.21. The second kappa shape index (κ2) is 5.82. The minimum atomic E-state index is 0.186. The summed E-state index contributed by atoms with van der Waals surface area (Å²) >= 11 is 0. The summed E-state index contributed by atoms with van der Waals surface area (Å²) in [6.07, 6.45) is 1.21. The molecule has 0 radical (unpaired) electrons. The molecular weight excluding hydrogens is 212 g/mol. The number of nitrogens with one attached hydrogen (secondary N) is 1. The third-order valence-electron chi connectivity index (χ3n) is 3.78. The standard InChI is InChI=1S/C14H22N2O/c1-4-16(5-2,6-3)11-12-7-8-14(17)13(9-12)10-15/h7-10H,4-6,11H2,1-3H3,(H-,15,17)/p+1. The number of aromatic hydroxyl groups is 1. The van der Waals surface area contributed by atoms with Crippen molar-refractivity contribution < 1.29 is 9.59 Å². The summed E-state index contributed by atoms with van der Waals surface area (Å²) in [5, 5.41) is 16.8. The van der Waals surface area contributed by atoms with Crippen molar-refractivity contribution in [2.24, 2.45) is 0 Å². The SMILES string of the molecule is CC[N+](CC)(CC)Cc1ccc(O)c(C=N)c1. The first-order chi connectivity index (χ1) is 8.10. The summed E-state index contributed by atoms with van der Waals surface area (Å²) in [5.41, 5.74) is 1.79. The summed E-state index contributed by atoms with van der Waals surface area (Å²) < 4.78 is 1.04. The molecule has 0 atom stereocenters. The monoisotopic (exact) mass is 235 g/mol. The van der Waals surface area contributed by atoms with Crippen LogP contribution < -0.4 is 0 Å². The van der Waals surface area contributed by atoms with Gasteiger partial charge in [0.15, 0.2) is 0 Å². The Bertz CT molecular complexity index is 376. The molecular formula is C14H23N2O+. The maximum absolute atomic E-state index is 9.55. The molecule has 1 aromatic carbocycles. The van der Waals surface area contributed by atoms with Crippen molar-refractivity contribution in [2.45, 2.75) is 27.3 Å². The Kier molecular flexibility index (Phi) is 4.70. The van der Waals surface area contributed by atoms with Gasteiger partial charge in [-0.1, -0.05) is 0 Å². The van der Waals surface area contributed by atoms with Crippen molar-refractivity contribution >= 4 is 6.21 Å². The number of hydrogen-bond acceptors (Lipinski definition) is 2. The predicted octanol–water partition coefficient (Wildman–Crippen LogP) is 2.77. The van der Waals surface area contributed by atoms with Gasteiger partial charge in [-0.05, 0) is 39.0 Å². The molecule has 17 heavy (non-hydrogen) atoms. The molecule has 1 rings (SSSR count). The molecule has 0 fully saturated rings. The van der Waals surface area contributed by atoms with E-state index in [1.165, 1.54) is 11.8 Å². The summed E-state index contributed by atoms with van der Waals surface area (Å²) in [7, 11) is 0. The second-order valence-corrected chi connectivity index (χ2v) is 4.49. The predicted molar refractivity (Wildman–Crippen MR) is 71.6 cm³/mol. The second-order valence-electron chi connectivity index (χ2n) is 4.49. The highest BCUT2D eigenvalue weighted by molar-refractivity contribution is 5.81. The van der Waals surface area contributed by atoms with Crippen LogP contribution in [0, 0.1) is 5.41 Å². The topological polar surface area (TPSA) is 44.1 Å². The summed E-state index contributed by atoms with van der Waals surface area (Å²) in [6, 6.07) is 5.55. The van der Waals surface area contributed by atoms with Crippen molar-refractivity contribution in [1.82, 2.24) is 0 Å². The van der Waals surface area contributed by atoms with Gasteiger partial charge in [-0.15, -0.1) is 0 Å². The molecule has 3 nitrogen and oxygen atoms in total. The van der Waals surface area contributed by atoms with E-state index < -0.39 is 0 Å². The smallest absolute Gasteiger partial charge is 0.124 e. The first kappa shape index (κ1) is 13.7. The number of nitrogens with zero attached hydrogens (tertiary/aromatic N) is 1. The van der Waals surface area contributed by atoms with Crippen LogP contribution in [0.3, 0.4) is 0 Å². The van der Waals surface area contributed by atoms with E-state index in [1.807, 2.05) is 12.1 Å². The van der Waals surface area contributed by atoms with Gasteiger partial charge in [-0.3, -0.25) is 0 Å². The van der Waals surface area contributed by atoms with E-state index in [4.69, 9.17) is 5.41 Å². The van der Waals surface area contributed by atoms with Gasteiger partial charge < -0.3 is 15.0 Å². The van der Waals surface area contributed by atoms with Crippen LogP contribution in [0.5, 0.6) is 5.75 Å². The zero-order valence-electron chi connectivity index (χ0n) is 11.0. The average molecular weight is 235 g/mol. The van der Waals surface area contributed by atoms with Crippen LogP contribution in [0.2, 0.25) is 0 Å². The Morgan fingerprint density at radius 3 is 2.24 bits per heavy atom. The molecule has 0 aliphatic carbocycles. The summed E-state index contributed by atoms with van der Waals surface area (Å²) in [6.45, 7) is 10.9. The lowest BCUT2D eigenvalue weighted by Crippen LogP contribution is -2.46. The fourth-order valence-electron chi connectivity index (χ4n) is 2.21. The van der Waals surface area contributed by atoms with Crippen molar-refractivity contribution in [3.05, 3.63) is 29.3 Å². The van der Waals surface area contributed by atoms with Gasteiger partial charge in [0.2, 0.25) is 0 Å². The quantitative estimate of drug-likeness (QED) is 0.578. The third-order valence-corrected chi connectivity index (χ3v) is 3.78. The highest BCUT2D eigenvalue weighted by Crippen LogP contribution is 2.20. The molecule has 0 spiro atoms. The first-order valence-electron chi connectivity index (χ1n) is 6.28. The number of rotatable bonds is 6. The van der Waals surface area contributed by atoms with E-state index in [0.29, 0.717) is 5.56 Å². The van der Waals surface area contributed by atoms with E-state index in [0.717, 1.165) is 30.7 Å². The van der Waals surface area contributed by atoms with E-state index >= 15 is 0 Å². The maximum Gasteiger partial charge on any atom is 0.124 e. The molecule has 0 aromatic heterocycles. The largest absolute Gasteiger partial charge is 0.507 e. The molecule has 94 valence electrons. The van der Waals surface area contributed by atoms with Gasteiger partial charge in [-0.2, -0.15) is 0 Å². The van der Waals surface area contributed by atoms with E-state index in [1.54, 1.807) is 6.07 Å². The Morgan fingerprint density at radius 2 is 1.76 bits per heavy atom. The molecule has 3 heteroatoms. The van der Waals surface area contributed by atoms with Crippen LogP contribution >= 0.6 is 0 Å². The number of phenolic OH excluding ortho intramolecular Hbond substituents is 1. The van der Waals surface area contributed by atoms with Gasteiger partial charge in [0.05, 0.1) is 19.6 Å². The highest BCUT2D eigenvalue weighted by atomic mass is 16.3. The molecule has 0 heterocycles. The number of quaternary nitrogens is 1. The van der Waals surface area contributed by atoms with E-state index in [2.05, 4.69) is 20.8 Å². The van der Waals surface area contributed by atoms with Crippen molar-refractivity contribution in [3.63, 3.8) is 0 Å². The van der Waals surface area contributed by atoms with Gasteiger partial charge in [-0.25, -0.2) is 0 Å². The van der Waals surface area contributed by atoms with Crippen molar-refractivity contribution in [2.75, 3.05) is 19.6 Å². The maximum atomic E-state index is 9.55. The van der Waals surface area contributed by atoms with Gasteiger partial charge >= 0.3 is 0 Å². The lowest BCUT2D eigenvalue weighted by molar-refractivity contribution is -0.936. The Morgan fingerprint density at radius 1 is 1.18 bits per heavy atom. The lowest BCUT2D eigenvalue weighted by atomic mass is 10.1. The fraction of sp³-hybridized carbons (Fsp3) is 0.500. The molecule has 1 aromatic rings. The van der Waals surface area contributed by atoms with Crippen LogP contribution in [0.15, 0.2) is 18.2 Å². The van der Waals surface area contributed by atoms with Crippen molar-refractivity contribution in [1.29, 1.82) is 5.41 Å². The summed E-state index contributed by atoms with van der Waals surface area (Å²) in [5.74, 6) is 0.186. The molecule has 0 aliphatic heterocycles. The van der Waals surface area contributed by atoms with Crippen LogP contribution in [-0.4, -0.2) is 35.4 Å². The fourth-order valence-corrected chi connectivity index (χ4v) is 2.21. The minimum absolute atomic E-state index is 0.186. The lowest BCUT2D eigenvalue weighted by Gasteiger charge is -2.36. The van der Waals surface area contributed by atoms with Gasteiger partial charge in [0.25, 0.3) is 0 Å². The first-order valence-corrected chi connectivity index (χ1v) is 6.28. The minimum Gasteiger partial charge on any atom is -0.507 e. The van der Waals surface area contributed by atoms with Crippen LogP contribution in [-0.2, 0) is 6.54 Å². The van der Waals surface area contributed by atoms with Gasteiger partial charge in [0.1, 0.15) is 12.3 Å². The number of hydrogen-bond donors (Lipinski definition) is 2. The zero-order valence-corrected chi connectivity index (χ0v) is 11.0. The molecule has 0 saturated carbocycles. The number of phenols is 1. The van der Waals surface area contributed by atoms with E-state index in [9.17, 15) is 5.11 Å². The Hall–Kier alpha value is -1.35. The Labute approximate surface area is 104 Å². The zero-order chi connectivity index (χ0) is 12.9. The van der Waals surface area contributed by atoms with Crippen LogP contribution in [0.1, 0.15) is 31.9 Å². The average Bonchev–Trinajstić information content (AvgIpc) is 2.38. The third kappa shape index (κ3) is 3.07. The molecule has 0 aliphatic rings. The Balaban J connectivity index is 2.97. The van der Waals surface area contributed by atoms with Crippen LogP contribution in [0.25, 0.3) is 0 Å². The number of benzene rings is 1. The molecule has 0 saturated heterocycles. The molecule has 0 unspecified atom stereocenters. The van der Waals surface area contributed by atoms with Crippen LogP contribution in [0.4, 0.5) is 0 Å². The molecule has 0 bridgehead atoms. The summed E-state index contributed by atoms with van der Waals surface area (Å²) in [4.78, 5) is 0. The van der Waals surface area contributed by atoms with Gasteiger partial charge in [0, 0.05) is 17.3 Å². The molecule has 2 N–H and O–H groups in total. The van der Waals surface area contributed by atoms with E-state index in [-0.39, 0.29) is 5.75 Å². The normalized spacial score (nSPS) is 11.5. The molecule has 0 amide bonds. The van der Waals surface area contributed by atoms with Crippen molar-refractivity contribution in [3.8, 4) is 5.75 Å².